The van der Waals surface area contributed by atoms with Crippen LogP contribution in [0.25, 0.3) is 10.9 Å². The van der Waals surface area contributed by atoms with Crippen LogP contribution in [0.3, 0.4) is 0 Å². The highest BCUT2D eigenvalue weighted by Crippen LogP contribution is 2.22. The Morgan fingerprint density at radius 3 is 2.73 bits per heavy atom. The Balaban J connectivity index is 3.16. The quantitative estimate of drug-likeness (QED) is 0.676. The van der Waals surface area contributed by atoms with Crippen molar-refractivity contribution in [2.24, 2.45) is 7.05 Å². The zero-order valence-electron chi connectivity index (χ0n) is 8.34. The number of benzene rings is 1. The third kappa shape index (κ3) is 1.43. The third-order valence-electron chi connectivity index (χ3n) is 2.40. The van der Waals surface area contributed by atoms with Gasteiger partial charge >= 0.3 is 0 Å². The molecule has 15 heavy (non-hydrogen) atoms. The lowest BCUT2D eigenvalue weighted by molar-refractivity contribution is 0.630. The molecule has 0 N–H and O–H groups in total. The highest BCUT2D eigenvalue weighted by atomic mass is 35.5. The van der Waals surface area contributed by atoms with Gasteiger partial charge in [0.15, 0.2) is 5.43 Å². The van der Waals surface area contributed by atoms with Crippen LogP contribution in [0.4, 0.5) is 4.39 Å². The number of nitrogens with zero attached hydrogens (tertiary/aromatic N) is 1. The van der Waals surface area contributed by atoms with Crippen LogP contribution in [-0.4, -0.2) is 4.57 Å². The lowest BCUT2D eigenvalue weighted by atomic mass is 10.1. The molecule has 0 amide bonds. The van der Waals surface area contributed by atoms with Gasteiger partial charge in [-0.25, -0.2) is 4.39 Å². The fraction of sp³-hybridized carbons (Fsp3) is 0.182. The number of fused-ring (bicyclic) bond motifs is 1. The summed E-state index contributed by atoms with van der Waals surface area (Å²) >= 11 is 5.90. The summed E-state index contributed by atoms with van der Waals surface area (Å²) in [6.45, 7) is 1.68. The van der Waals surface area contributed by atoms with E-state index in [0.717, 1.165) is 0 Å². The lowest BCUT2D eigenvalue weighted by Crippen LogP contribution is -2.11. The van der Waals surface area contributed by atoms with E-state index in [9.17, 15) is 9.18 Å². The van der Waals surface area contributed by atoms with Crippen LogP contribution in [0.2, 0.25) is 5.02 Å². The Kier molecular flexibility index (Phi) is 2.27. The van der Waals surface area contributed by atoms with Crippen molar-refractivity contribution in [1.29, 1.82) is 0 Å². The van der Waals surface area contributed by atoms with Crippen LogP contribution in [0.15, 0.2) is 23.1 Å². The molecule has 0 bridgehead atoms. The summed E-state index contributed by atoms with van der Waals surface area (Å²) in [7, 11) is 1.69. The fourth-order valence-electron chi connectivity index (χ4n) is 1.71. The number of rotatable bonds is 0. The van der Waals surface area contributed by atoms with E-state index in [1.54, 1.807) is 24.7 Å². The van der Waals surface area contributed by atoms with Gasteiger partial charge in [0.05, 0.1) is 15.9 Å². The summed E-state index contributed by atoms with van der Waals surface area (Å²) in [6, 6.07) is 2.67. The topological polar surface area (TPSA) is 22.0 Å². The van der Waals surface area contributed by atoms with Crippen molar-refractivity contribution < 1.29 is 4.39 Å². The van der Waals surface area contributed by atoms with E-state index in [2.05, 4.69) is 0 Å². The van der Waals surface area contributed by atoms with Crippen molar-refractivity contribution >= 4 is 22.5 Å². The smallest absolute Gasteiger partial charge is 0.193 e. The summed E-state index contributed by atoms with van der Waals surface area (Å²) < 4.78 is 15.1. The first-order valence-corrected chi connectivity index (χ1v) is 4.84. The molecule has 1 aromatic carbocycles. The Hall–Kier alpha value is -1.35. The van der Waals surface area contributed by atoms with Crippen molar-refractivity contribution in [2.75, 3.05) is 0 Å². The summed E-state index contributed by atoms with van der Waals surface area (Å²) in [6.07, 6.45) is 1.60. The largest absolute Gasteiger partial charge is 0.348 e. The predicted molar refractivity (Wildman–Crippen MR) is 58.9 cm³/mol. The maximum Gasteiger partial charge on any atom is 0.193 e. The van der Waals surface area contributed by atoms with E-state index in [-0.39, 0.29) is 21.4 Å². The van der Waals surface area contributed by atoms with Gasteiger partial charge in [0.1, 0.15) is 5.82 Å². The molecule has 0 aliphatic carbocycles. The molecule has 2 aromatic rings. The summed E-state index contributed by atoms with van der Waals surface area (Å²) in [5.74, 6) is -0.436. The first kappa shape index (κ1) is 10.2. The van der Waals surface area contributed by atoms with Gasteiger partial charge in [0.25, 0.3) is 0 Å². The molecule has 0 saturated carbocycles. The summed E-state index contributed by atoms with van der Waals surface area (Å²) in [5, 5.41) is 0.537. The van der Waals surface area contributed by atoms with E-state index in [1.165, 1.54) is 12.1 Å². The highest BCUT2D eigenvalue weighted by molar-refractivity contribution is 6.35. The first-order valence-electron chi connectivity index (χ1n) is 4.46. The van der Waals surface area contributed by atoms with Crippen molar-refractivity contribution in [2.45, 2.75) is 6.92 Å². The normalized spacial score (nSPS) is 10.9. The number of hydrogen-bond donors (Lipinski definition) is 0. The van der Waals surface area contributed by atoms with E-state index in [1.807, 2.05) is 0 Å². The van der Waals surface area contributed by atoms with Crippen LogP contribution in [0.5, 0.6) is 0 Å². The molecule has 1 aromatic heterocycles. The zero-order chi connectivity index (χ0) is 11.2. The van der Waals surface area contributed by atoms with Gasteiger partial charge in [0, 0.05) is 18.8 Å². The molecule has 2 rings (SSSR count). The van der Waals surface area contributed by atoms with Crippen LogP contribution >= 0.6 is 11.6 Å². The van der Waals surface area contributed by atoms with Gasteiger partial charge < -0.3 is 4.57 Å². The van der Waals surface area contributed by atoms with Crippen LogP contribution in [0.1, 0.15) is 5.56 Å². The van der Waals surface area contributed by atoms with Gasteiger partial charge in [-0.05, 0) is 19.1 Å². The van der Waals surface area contributed by atoms with Crippen molar-refractivity contribution in [3.63, 3.8) is 0 Å². The second-order valence-electron chi connectivity index (χ2n) is 3.50. The maximum absolute atomic E-state index is 13.5. The Morgan fingerprint density at radius 2 is 2.07 bits per heavy atom. The molecule has 0 radical (unpaired) electrons. The average molecular weight is 226 g/mol. The van der Waals surface area contributed by atoms with E-state index in [0.29, 0.717) is 5.56 Å². The van der Waals surface area contributed by atoms with Crippen molar-refractivity contribution in [3.05, 3.63) is 45.0 Å². The molecule has 0 atom stereocenters. The second kappa shape index (κ2) is 3.35. The van der Waals surface area contributed by atoms with Gasteiger partial charge in [-0.2, -0.15) is 0 Å². The molecule has 2 nitrogen and oxygen atoms in total. The molecule has 0 fully saturated rings. The highest BCUT2D eigenvalue weighted by Gasteiger charge is 2.11. The minimum Gasteiger partial charge on any atom is -0.348 e. The minimum absolute atomic E-state index is 0.215. The summed E-state index contributed by atoms with van der Waals surface area (Å²) in [4.78, 5) is 11.8. The van der Waals surface area contributed by atoms with Crippen LogP contribution in [0, 0.1) is 12.7 Å². The van der Waals surface area contributed by atoms with E-state index < -0.39 is 5.82 Å². The molecule has 1 heterocycles. The fourth-order valence-corrected chi connectivity index (χ4v) is 1.95. The number of pyridine rings is 1. The standard InChI is InChI=1S/C11H9ClFNO/c1-6-5-14(2)10-8(13)4-3-7(12)9(10)11(6)15/h3-5H,1-2H3. The van der Waals surface area contributed by atoms with Crippen LogP contribution in [-0.2, 0) is 7.05 Å². The number of aromatic nitrogens is 1. The van der Waals surface area contributed by atoms with Crippen molar-refractivity contribution in [3.8, 4) is 0 Å². The predicted octanol–water partition coefficient (Wildman–Crippen LogP) is 2.64. The van der Waals surface area contributed by atoms with Gasteiger partial charge in [-0.3, -0.25) is 4.79 Å². The van der Waals surface area contributed by atoms with Gasteiger partial charge in [-0.15, -0.1) is 0 Å². The van der Waals surface area contributed by atoms with Crippen LogP contribution < -0.4 is 5.43 Å². The first-order chi connectivity index (χ1) is 7.02. The Bertz CT molecular complexity index is 604. The Labute approximate surface area is 90.9 Å². The summed E-state index contributed by atoms with van der Waals surface area (Å²) in [5.41, 5.74) is 0.586. The second-order valence-corrected chi connectivity index (χ2v) is 3.91. The monoisotopic (exact) mass is 225 g/mol. The van der Waals surface area contributed by atoms with E-state index in [4.69, 9.17) is 11.6 Å². The SMILES string of the molecule is Cc1cn(C)c2c(F)ccc(Cl)c2c1=O. The van der Waals surface area contributed by atoms with Gasteiger partial charge in [-0.1, -0.05) is 11.6 Å². The number of aryl methyl sites for hydroxylation is 2. The maximum atomic E-state index is 13.5. The number of halogens is 2. The van der Waals surface area contributed by atoms with Crippen molar-refractivity contribution in [1.82, 2.24) is 4.57 Å². The lowest BCUT2D eigenvalue weighted by Gasteiger charge is -2.08. The molecule has 0 spiro atoms. The molecule has 0 saturated heterocycles. The zero-order valence-corrected chi connectivity index (χ0v) is 9.10. The van der Waals surface area contributed by atoms with E-state index >= 15 is 0 Å². The Morgan fingerprint density at radius 1 is 1.40 bits per heavy atom. The average Bonchev–Trinajstić information content (AvgIpc) is 2.18. The number of hydrogen-bond acceptors (Lipinski definition) is 1. The minimum atomic E-state index is -0.436. The molecular formula is C11H9ClFNO. The van der Waals surface area contributed by atoms with Gasteiger partial charge in [0.2, 0.25) is 0 Å². The third-order valence-corrected chi connectivity index (χ3v) is 2.72. The molecule has 0 aliphatic rings. The molecular weight excluding hydrogens is 217 g/mol. The molecule has 4 heteroatoms. The molecule has 78 valence electrons. The molecule has 0 aliphatic heterocycles. The molecule has 0 unspecified atom stereocenters.